The summed E-state index contributed by atoms with van der Waals surface area (Å²) in [5.41, 5.74) is 1.51. The van der Waals surface area contributed by atoms with Gasteiger partial charge in [-0.1, -0.05) is 30.0 Å². The van der Waals surface area contributed by atoms with Crippen LogP contribution in [-0.2, 0) is 11.8 Å². The predicted molar refractivity (Wildman–Crippen MR) is 120 cm³/mol. The molecule has 32 heavy (non-hydrogen) atoms. The SMILES string of the molecule is CC(c1cccc([N+](=O)[O-])c1)N(C)C(=O)c1cccc(NC(=O)CSc2nncn2C)c1. The van der Waals surface area contributed by atoms with Crippen molar-refractivity contribution in [2.75, 3.05) is 18.1 Å². The summed E-state index contributed by atoms with van der Waals surface area (Å²) >= 11 is 1.26. The number of rotatable bonds is 8. The van der Waals surface area contributed by atoms with Crippen molar-refractivity contribution in [2.45, 2.75) is 18.1 Å². The first kappa shape index (κ1) is 22.9. The first-order valence-corrected chi connectivity index (χ1v) is 10.6. The van der Waals surface area contributed by atoms with Crippen LogP contribution in [0.3, 0.4) is 0 Å². The summed E-state index contributed by atoms with van der Waals surface area (Å²) in [6, 6.07) is 12.5. The van der Waals surface area contributed by atoms with Crippen LogP contribution in [-0.4, -0.2) is 49.2 Å². The van der Waals surface area contributed by atoms with Crippen LogP contribution in [0, 0.1) is 10.1 Å². The third-order valence-electron chi connectivity index (χ3n) is 4.86. The zero-order chi connectivity index (χ0) is 23.3. The van der Waals surface area contributed by atoms with Gasteiger partial charge in [-0.15, -0.1) is 10.2 Å². The Morgan fingerprint density at radius 1 is 1.25 bits per heavy atom. The van der Waals surface area contributed by atoms with Gasteiger partial charge in [-0.3, -0.25) is 19.7 Å². The standard InChI is InChI=1S/C21H22N6O4S/c1-14(15-6-5-9-18(11-15)27(30)31)26(3)20(29)16-7-4-8-17(10-16)23-19(28)12-32-21-24-22-13-25(21)2/h4-11,13-14H,12H2,1-3H3,(H,23,28). The van der Waals surface area contributed by atoms with Gasteiger partial charge in [-0.05, 0) is 30.7 Å². The van der Waals surface area contributed by atoms with Gasteiger partial charge < -0.3 is 14.8 Å². The molecule has 166 valence electrons. The number of nitro benzene ring substituents is 1. The van der Waals surface area contributed by atoms with Crippen LogP contribution < -0.4 is 5.32 Å². The van der Waals surface area contributed by atoms with Crippen molar-refractivity contribution in [1.29, 1.82) is 0 Å². The largest absolute Gasteiger partial charge is 0.335 e. The van der Waals surface area contributed by atoms with E-state index in [1.165, 1.54) is 28.8 Å². The molecule has 0 bridgehead atoms. The number of anilines is 1. The number of nitrogens with one attached hydrogen (secondary N) is 1. The molecule has 0 saturated heterocycles. The average Bonchev–Trinajstić information content (AvgIpc) is 3.21. The van der Waals surface area contributed by atoms with Gasteiger partial charge in [-0.2, -0.15) is 0 Å². The normalized spacial score (nSPS) is 11.6. The molecule has 0 aliphatic carbocycles. The van der Waals surface area contributed by atoms with Crippen LogP contribution in [0.15, 0.2) is 60.0 Å². The minimum absolute atomic E-state index is 0.0286. The van der Waals surface area contributed by atoms with Crippen LogP contribution >= 0.6 is 11.8 Å². The number of nitrogens with zero attached hydrogens (tertiary/aromatic N) is 5. The van der Waals surface area contributed by atoms with E-state index in [0.717, 1.165) is 0 Å². The quantitative estimate of drug-likeness (QED) is 0.315. The van der Waals surface area contributed by atoms with E-state index in [-0.39, 0.29) is 29.3 Å². The van der Waals surface area contributed by atoms with Crippen molar-refractivity contribution in [3.63, 3.8) is 0 Å². The van der Waals surface area contributed by atoms with E-state index in [0.29, 0.717) is 22.0 Å². The van der Waals surface area contributed by atoms with Gasteiger partial charge in [0.05, 0.1) is 16.7 Å². The Bertz CT molecular complexity index is 1150. The molecule has 1 unspecified atom stereocenters. The third kappa shape index (κ3) is 5.49. The minimum atomic E-state index is -0.465. The zero-order valence-corrected chi connectivity index (χ0v) is 18.6. The van der Waals surface area contributed by atoms with E-state index < -0.39 is 4.92 Å². The second-order valence-corrected chi connectivity index (χ2v) is 8.03. The minimum Gasteiger partial charge on any atom is -0.335 e. The number of benzene rings is 2. The molecule has 0 radical (unpaired) electrons. The number of carbonyl (C=O) groups excluding carboxylic acids is 2. The highest BCUT2D eigenvalue weighted by Crippen LogP contribution is 2.25. The smallest absolute Gasteiger partial charge is 0.269 e. The number of non-ortho nitro benzene ring substituents is 1. The summed E-state index contributed by atoms with van der Waals surface area (Å²) in [5, 5.41) is 22.1. The Morgan fingerprint density at radius 3 is 2.69 bits per heavy atom. The number of aromatic nitrogens is 3. The number of hydrogen-bond donors (Lipinski definition) is 1. The van der Waals surface area contributed by atoms with E-state index in [2.05, 4.69) is 15.5 Å². The van der Waals surface area contributed by atoms with Gasteiger partial charge in [0.2, 0.25) is 5.91 Å². The Hall–Kier alpha value is -3.73. The van der Waals surface area contributed by atoms with Gasteiger partial charge in [-0.25, -0.2) is 0 Å². The fourth-order valence-electron chi connectivity index (χ4n) is 2.96. The maximum absolute atomic E-state index is 13.0. The van der Waals surface area contributed by atoms with Crippen molar-refractivity contribution in [3.05, 3.63) is 76.1 Å². The number of carbonyl (C=O) groups is 2. The van der Waals surface area contributed by atoms with Gasteiger partial charge in [0.25, 0.3) is 11.6 Å². The van der Waals surface area contributed by atoms with Crippen molar-refractivity contribution in [2.24, 2.45) is 7.05 Å². The highest BCUT2D eigenvalue weighted by Gasteiger charge is 2.21. The maximum atomic E-state index is 13.0. The lowest BCUT2D eigenvalue weighted by Gasteiger charge is -2.25. The van der Waals surface area contributed by atoms with E-state index in [4.69, 9.17) is 0 Å². The molecule has 2 aromatic carbocycles. The van der Waals surface area contributed by atoms with Gasteiger partial charge >= 0.3 is 0 Å². The molecule has 0 spiro atoms. The van der Waals surface area contributed by atoms with Gasteiger partial charge in [0.15, 0.2) is 5.16 Å². The van der Waals surface area contributed by atoms with Crippen LogP contribution in [0.2, 0.25) is 0 Å². The second-order valence-electron chi connectivity index (χ2n) is 7.09. The molecule has 1 heterocycles. The molecule has 1 aromatic heterocycles. The summed E-state index contributed by atoms with van der Waals surface area (Å²) in [7, 11) is 3.43. The molecule has 0 fully saturated rings. The van der Waals surface area contributed by atoms with Crippen molar-refractivity contribution >= 4 is 35.0 Å². The number of amides is 2. The molecule has 10 nitrogen and oxygen atoms in total. The molecule has 3 aromatic rings. The third-order valence-corrected chi connectivity index (χ3v) is 5.89. The zero-order valence-electron chi connectivity index (χ0n) is 17.8. The molecule has 11 heteroatoms. The van der Waals surface area contributed by atoms with Crippen molar-refractivity contribution in [1.82, 2.24) is 19.7 Å². The molecule has 0 aliphatic rings. The summed E-state index contributed by atoms with van der Waals surface area (Å²) in [6.45, 7) is 1.80. The lowest BCUT2D eigenvalue weighted by atomic mass is 10.1. The Balaban J connectivity index is 1.66. The van der Waals surface area contributed by atoms with E-state index >= 15 is 0 Å². The van der Waals surface area contributed by atoms with Crippen molar-refractivity contribution < 1.29 is 14.5 Å². The Kier molecular flexibility index (Phi) is 7.21. The molecule has 1 N–H and O–H groups in total. The number of nitro groups is 1. The average molecular weight is 455 g/mol. The number of aryl methyl sites for hydroxylation is 1. The summed E-state index contributed by atoms with van der Waals surface area (Å²) in [5.74, 6) is -0.358. The number of thioether (sulfide) groups is 1. The fourth-order valence-corrected chi connectivity index (χ4v) is 3.65. The van der Waals surface area contributed by atoms with Gasteiger partial charge in [0.1, 0.15) is 6.33 Å². The first-order valence-electron chi connectivity index (χ1n) is 9.64. The van der Waals surface area contributed by atoms with Crippen molar-refractivity contribution in [3.8, 4) is 0 Å². The summed E-state index contributed by atoms with van der Waals surface area (Å²) in [4.78, 5) is 37.3. The topological polar surface area (TPSA) is 123 Å². The van der Waals surface area contributed by atoms with Crippen LogP contribution in [0.1, 0.15) is 28.9 Å². The van der Waals surface area contributed by atoms with Gasteiger partial charge in [0, 0.05) is 37.5 Å². The van der Waals surface area contributed by atoms with E-state index in [1.54, 1.807) is 68.3 Å². The molecule has 0 saturated carbocycles. The monoisotopic (exact) mass is 454 g/mol. The predicted octanol–water partition coefficient (Wildman–Crippen LogP) is 3.29. The maximum Gasteiger partial charge on any atom is 0.269 e. The Labute approximate surface area is 188 Å². The van der Waals surface area contributed by atoms with E-state index in [1.807, 2.05) is 0 Å². The Morgan fingerprint density at radius 2 is 2.00 bits per heavy atom. The first-order chi connectivity index (χ1) is 15.3. The lowest BCUT2D eigenvalue weighted by molar-refractivity contribution is -0.384. The van der Waals surface area contributed by atoms with Crippen LogP contribution in [0.5, 0.6) is 0 Å². The molecular weight excluding hydrogens is 432 g/mol. The second kappa shape index (κ2) is 10.1. The summed E-state index contributed by atoms with van der Waals surface area (Å²) in [6.07, 6.45) is 1.56. The lowest BCUT2D eigenvalue weighted by Crippen LogP contribution is -2.29. The molecule has 0 aliphatic heterocycles. The molecule has 2 amide bonds. The summed E-state index contributed by atoms with van der Waals surface area (Å²) < 4.78 is 1.72. The number of hydrogen-bond acceptors (Lipinski definition) is 7. The van der Waals surface area contributed by atoms with Crippen LogP contribution in [0.25, 0.3) is 0 Å². The van der Waals surface area contributed by atoms with Crippen LogP contribution in [0.4, 0.5) is 11.4 Å². The van der Waals surface area contributed by atoms with E-state index in [9.17, 15) is 19.7 Å². The fraction of sp³-hybridized carbons (Fsp3) is 0.238. The molecule has 3 rings (SSSR count). The molecular formula is C21H22N6O4S. The highest BCUT2D eigenvalue weighted by molar-refractivity contribution is 7.99. The molecule has 1 atom stereocenters. The highest BCUT2D eigenvalue weighted by atomic mass is 32.2.